The molecule has 0 spiro atoms. The van der Waals surface area contributed by atoms with E-state index in [1.54, 1.807) is 0 Å². The summed E-state index contributed by atoms with van der Waals surface area (Å²) in [6.45, 7) is 5.25. The molecular formula is C18H29N3OS. The van der Waals surface area contributed by atoms with Crippen LogP contribution >= 0.6 is 11.3 Å². The third kappa shape index (κ3) is 4.78. The first-order valence-electron chi connectivity index (χ1n) is 8.95. The lowest BCUT2D eigenvalue weighted by Crippen LogP contribution is -2.49. The van der Waals surface area contributed by atoms with Crippen LogP contribution in [0.3, 0.4) is 0 Å². The third-order valence-electron chi connectivity index (χ3n) is 5.20. The Morgan fingerprint density at radius 3 is 3.00 bits per heavy atom. The topological polar surface area (TPSA) is 35.6 Å². The zero-order valence-electron chi connectivity index (χ0n) is 14.2. The molecule has 0 aliphatic carbocycles. The first-order chi connectivity index (χ1) is 11.2. The molecule has 0 unspecified atom stereocenters. The van der Waals surface area contributed by atoms with Crippen LogP contribution < -0.4 is 5.32 Å². The number of likely N-dealkylation sites (N-methyl/N-ethyl adjacent to an activating group) is 1. The molecule has 23 heavy (non-hydrogen) atoms. The van der Waals surface area contributed by atoms with Crippen molar-refractivity contribution in [2.75, 3.05) is 33.2 Å². The lowest BCUT2D eigenvalue weighted by Gasteiger charge is -2.34. The van der Waals surface area contributed by atoms with Gasteiger partial charge in [0.05, 0.1) is 6.04 Å². The van der Waals surface area contributed by atoms with Crippen LogP contribution in [-0.2, 0) is 11.3 Å². The Morgan fingerprint density at radius 2 is 2.22 bits per heavy atom. The highest BCUT2D eigenvalue weighted by Gasteiger charge is 2.27. The van der Waals surface area contributed by atoms with E-state index >= 15 is 0 Å². The second-order valence-electron chi connectivity index (χ2n) is 7.06. The fraction of sp³-hybridized carbons (Fsp3) is 0.722. The largest absolute Gasteiger partial charge is 0.354 e. The van der Waals surface area contributed by atoms with E-state index in [1.807, 2.05) is 11.3 Å². The Bertz CT molecular complexity index is 490. The molecule has 2 aliphatic heterocycles. The van der Waals surface area contributed by atoms with Gasteiger partial charge in [-0.15, -0.1) is 11.3 Å². The van der Waals surface area contributed by atoms with Gasteiger partial charge in [-0.1, -0.05) is 12.5 Å². The van der Waals surface area contributed by atoms with Gasteiger partial charge in [0.1, 0.15) is 0 Å². The second-order valence-corrected chi connectivity index (χ2v) is 8.09. The molecule has 4 nitrogen and oxygen atoms in total. The van der Waals surface area contributed by atoms with Crippen molar-refractivity contribution in [3.63, 3.8) is 0 Å². The van der Waals surface area contributed by atoms with Crippen LogP contribution in [0.1, 0.15) is 37.0 Å². The second kappa shape index (κ2) is 8.27. The molecule has 2 saturated heterocycles. The summed E-state index contributed by atoms with van der Waals surface area (Å²) < 4.78 is 0. The van der Waals surface area contributed by atoms with E-state index in [9.17, 15) is 4.79 Å². The number of piperidine rings is 2. The van der Waals surface area contributed by atoms with Gasteiger partial charge in [0.2, 0.25) is 5.91 Å². The Kier molecular flexibility index (Phi) is 6.08. The van der Waals surface area contributed by atoms with E-state index in [4.69, 9.17) is 0 Å². The summed E-state index contributed by atoms with van der Waals surface area (Å²) in [6.07, 6.45) is 5.90. The number of hydrogen-bond acceptors (Lipinski definition) is 4. The van der Waals surface area contributed by atoms with E-state index in [0.29, 0.717) is 5.92 Å². The lowest BCUT2D eigenvalue weighted by molar-refractivity contribution is -0.127. The predicted octanol–water partition coefficient (Wildman–Crippen LogP) is 2.56. The predicted molar refractivity (Wildman–Crippen MR) is 95.6 cm³/mol. The van der Waals surface area contributed by atoms with Crippen molar-refractivity contribution in [2.24, 2.45) is 5.92 Å². The fourth-order valence-electron chi connectivity index (χ4n) is 3.85. The van der Waals surface area contributed by atoms with Gasteiger partial charge < -0.3 is 5.32 Å². The minimum Gasteiger partial charge on any atom is -0.354 e. The van der Waals surface area contributed by atoms with Gasteiger partial charge in [-0.2, -0.15) is 0 Å². The van der Waals surface area contributed by atoms with Crippen molar-refractivity contribution in [3.05, 3.63) is 22.4 Å². The molecule has 0 aromatic carbocycles. The average Bonchev–Trinajstić information content (AvgIpc) is 3.06. The third-order valence-corrected chi connectivity index (χ3v) is 6.06. The molecule has 5 heteroatoms. The Hall–Kier alpha value is -0.910. The maximum absolute atomic E-state index is 12.4. The summed E-state index contributed by atoms with van der Waals surface area (Å²) in [5.41, 5.74) is 0. The standard InChI is InChI=1S/C18H29N3OS/c1-20-9-3-2-8-17(20)18(22)19-12-15-6-4-10-21(13-15)14-16-7-5-11-23-16/h5,7,11,15,17H,2-4,6,8-10,12-14H2,1H3,(H,19,22)/t15-,17+/m1/s1. The fourth-order valence-corrected chi connectivity index (χ4v) is 4.60. The molecule has 2 fully saturated rings. The molecule has 2 aliphatic rings. The van der Waals surface area contributed by atoms with E-state index in [0.717, 1.165) is 32.6 Å². The van der Waals surface area contributed by atoms with Gasteiger partial charge in [-0.25, -0.2) is 0 Å². The van der Waals surface area contributed by atoms with Gasteiger partial charge in [-0.3, -0.25) is 14.6 Å². The van der Waals surface area contributed by atoms with Crippen molar-refractivity contribution in [2.45, 2.75) is 44.7 Å². The highest BCUT2D eigenvalue weighted by atomic mass is 32.1. The highest BCUT2D eigenvalue weighted by molar-refractivity contribution is 7.09. The quantitative estimate of drug-likeness (QED) is 0.898. The van der Waals surface area contributed by atoms with Crippen LogP contribution in [0, 0.1) is 5.92 Å². The maximum atomic E-state index is 12.4. The normalized spacial score (nSPS) is 27.0. The molecule has 1 aromatic heterocycles. The van der Waals surface area contributed by atoms with Crippen LogP contribution in [-0.4, -0.2) is 55.0 Å². The van der Waals surface area contributed by atoms with Crippen LogP contribution in [0.4, 0.5) is 0 Å². The number of nitrogens with zero attached hydrogens (tertiary/aromatic N) is 2. The average molecular weight is 336 g/mol. The van der Waals surface area contributed by atoms with Crippen LogP contribution in [0.5, 0.6) is 0 Å². The maximum Gasteiger partial charge on any atom is 0.237 e. The number of carbonyl (C=O) groups excluding carboxylic acids is 1. The number of hydrogen-bond donors (Lipinski definition) is 1. The van der Waals surface area contributed by atoms with Gasteiger partial charge in [0, 0.05) is 24.5 Å². The summed E-state index contributed by atoms with van der Waals surface area (Å²) in [5.74, 6) is 0.837. The van der Waals surface area contributed by atoms with Crippen LogP contribution in [0.15, 0.2) is 17.5 Å². The molecule has 0 saturated carbocycles. The molecule has 1 amide bonds. The van der Waals surface area contributed by atoms with Crippen LogP contribution in [0.25, 0.3) is 0 Å². The molecule has 3 rings (SSSR count). The minimum absolute atomic E-state index is 0.0922. The zero-order valence-corrected chi connectivity index (χ0v) is 15.0. The number of carbonyl (C=O) groups is 1. The number of amides is 1. The monoisotopic (exact) mass is 335 g/mol. The van der Waals surface area contributed by atoms with E-state index in [-0.39, 0.29) is 11.9 Å². The molecular weight excluding hydrogens is 306 g/mol. The van der Waals surface area contributed by atoms with E-state index < -0.39 is 0 Å². The Morgan fingerprint density at radius 1 is 1.30 bits per heavy atom. The van der Waals surface area contributed by atoms with Crippen molar-refractivity contribution >= 4 is 17.2 Å². The van der Waals surface area contributed by atoms with E-state index in [1.165, 1.54) is 37.1 Å². The molecule has 128 valence electrons. The Labute approximate surface area is 143 Å². The number of thiophene rings is 1. The lowest BCUT2D eigenvalue weighted by atomic mass is 9.97. The summed E-state index contributed by atoms with van der Waals surface area (Å²) >= 11 is 1.84. The minimum atomic E-state index is 0.0922. The summed E-state index contributed by atoms with van der Waals surface area (Å²) in [6, 6.07) is 4.44. The number of likely N-dealkylation sites (tertiary alicyclic amines) is 2. The SMILES string of the molecule is CN1CCCC[C@H]1C(=O)NC[C@H]1CCCN(Cc2cccs2)C1. The van der Waals surface area contributed by atoms with Gasteiger partial charge in [0.15, 0.2) is 0 Å². The molecule has 2 atom stereocenters. The molecule has 1 aromatic rings. The van der Waals surface area contributed by atoms with E-state index in [2.05, 4.69) is 39.7 Å². The Balaban J connectivity index is 1.43. The first kappa shape index (κ1) is 16.9. The molecule has 3 heterocycles. The number of nitrogens with one attached hydrogen (secondary N) is 1. The smallest absolute Gasteiger partial charge is 0.237 e. The van der Waals surface area contributed by atoms with Crippen molar-refractivity contribution in [1.29, 1.82) is 0 Å². The molecule has 0 bridgehead atoms. The summed E-state index contributed by atoms with van der Waals surface area (Å²) in [5, 5.41) is 5.38. The number of rotatable bonds is 5. The van der Waals surface area contributed by atoms with Gasteiger partial charge in [-0.05, 0) is 63.2 Å². The van der Waals surface area contributed by atoms with Gasteiger partial charge >= 0.3 is 0 Å². The summed E-state index contributed by atoms with van der Waals surface area (Å²) in [4.78, 5) is 18.6. The highest BCUT2D eigenvalue weighted by Crippen LogP contribution is 2.20. The zero-order chi connectivity index (χ0) is 16.1. The first-order valence-corrected chi connectivity index (χ1v) is 9.83. The van der Waals surface area contributed by atoms with Crippen molar-refractivity contribution in [1.82, 2.24) is 15.1 Å². The van der Waals surface area contributed by atoms with Gasteiger partial charge in [0.25, 0.3) is 0 Å². The molecule has 0 radical (unpaired) electrons. The van der Waals surface area contributed by atoms with Crippen molar-refractivity contribution in [3.8, 4) is 0 Å². The molecule has 1 N–H and O–H groups in total. The van der Waals surface area contributed by atoms with Crippen LogP contribution in [0.2, 0.25) is 0 Å². The van der Waals surface area contributed by atoms with Crippen molar-refractivity contribution < 1.29 is 4.79 Å². The summed E-state index contributed by atoms with van der Waals surface area (Å²) in [7, 11) is 2.08.